The molecule has 2 nitrogen and oxygen atoms in total. The molecule has 1 aliphatic rings. The molecule has 0 atom stereocenters. The molecule has 2 heteroatoms. The maximum absolute atomic E-state index is 12.3. The van der Waals surface area contributed by atoms with Crippen LogP contribution in [0.25, 0.3) is 0 Å². The van der Waals surface area contributed by atoms with Crippen LogP contribution in [0, 0.1) is 10.8 Å². The summed E-state index contributed by atoms with van der Waals surface area (Å²) in [7, 11) is 0. The van der Waals surface area contributed by atoms with Crippen LogP contribution in [0.2, 0.25) is 0 Å². The number of rotatable bonds is 0. The van der Waals surface area contributed by atoms with Gasteiger partial charge in [0.2, 0.25) is 0 Å². The van der Waals surface area contributed by atoms with Crippen LogP contribution in [0.4, 0.5) is 0 Å². The van der Waals surface area contributed by atoms with E-state index in [9.17, 15) is 4.79 Å². The third-order valence-electron chi connectivity index (χ3n) is 2.99. The summed E-state index contributed by atoms with van der Waals surface area (Å²) in [6, 6.07) is 0. The van der Waals surface area contributed by atoms with E-state index in [1.807, 2.05) is 6.92 Å². The second-order valence-electron chi connectivity index (χ2n) is 6.99. The van der Waals surface area contributed by atoms with Gasteiger partial charge in [0.05, 0.1) is 5.70 Å². The van der Waals surface area contributed by atoms with Crippen LogP contribution >= 0.6 is 0 Å². The van der Waals surface area contributed by atoms with Crippen LogP contribution in [0.3, 0.4) is 0 Å². The summed E-state index contributed by atoms with van der Waals surface area (Å²) in [6.07, 6.45) is 1.39. The summed E-state index contributed by atoms with van der Waals surface area (Å²) < 4.78 is 0. The molecule has 0 aliphatic carbocycles. The largest absolute Gasteiger partial charge is 0.294 e. The predicted molar refractivity (Wildman–Crippen MR) is 73.3 cm³/mol. The molecule has 0 spiro atoms. The van der Waals surface area contributed by atoms with Crippen molar-refractivity contribution in [1.29, 1.82) is 0 Å². The molecule has 0 saturated carbocycles. The molecule has 0 bridgehead atoms. The minimum atomic E-state index is -0.131. The van der Waals surface area contributed by atoms with Crippen molar-refractivity contribution in [2.45, 2.75) is 61.3 Å². The smallest absolute Gasteiger partial charge is 0.161 e. The first-order valence-corrected chi connectivity index (χ1v) is 6.36. The Kier molecular flexibility index (Phi) is 3.66. The highest BCUT2D eigenvalue weighted by atomic mass is 16.1. The zero-order chi connectivity index (χ0) is 13.4. The van der Waals surface area contributed by atoms with E-state index >= 15 is 0 Å². The SMILES string of the molecule is CC1=NC(C(C)(C)C)=C(C(C)(C)C)C(=O)CC1. The molecule has 1 heterocycles. The van der Waals surface area contributed by atoms with Crippen molar-refractivity contribution in [1.82, 2.24) is 0 Å². The number of allylic oxidation sites excluding steroid dienone is 2. The number of Topliss-reactive ketones (excluding diaryl/α,β-unsaturated/α-hetero) is 1. The number of carbonyl (C=O) groups is 1. The summed E-state index contributed by atoms with van der Waals surface area (Å²) in [5.74, 6) is 0.267. The first-order valence-electron chi connectivity index (χ1n) is 6.36. The Labute approximate surface area is 105 Å². The van der Waals surface area contributed by atoms with Gasteiger partial charge >= 0.3 is 0 Å². The van der Waals surface area contributed by atoms with Gasteiger partial charge in [0.25, 0.3) is 0 Å². The van der Waals surface area contributed by atoms with Crippen LogP contribution < -0.4 is 0 Å². The van der Waals surface area contributed by atoms with Crippen molar-refractivity contribution < 1.29 is 4.79 Å². The Morgan fingerprint density at radius 2 is 1.47 bits per heavy atom. The predicted octanol–water partition coefficient (Wildman–Crippen LogP) is 4.16. The lowest BCUT2D eigenvalue weighted by Crippen LogP contribution is -2.23. The third-order valence-corrected chi connectivity index (χ3v) is 2.99. The van der Waals surface area contributed by atoms with Gasteiger partial charge in [-0.25, -0.2) is 0 Å². The molecule has 0 unspecified atom stereocenters. The van der Waals surface area contributed by atoms with E-state index in [2.05, 4.69) is 41.5 Å². The molecule has 0 aromatic heterocycles. The molecule has 0 aromatic carbocycles. The lowest BCUT2D eigenvalue weighted by atomic mass is 9.76. The number of nitrogens with zero attached hydrogens (tertiary/aromatic N) is 1. The molecule has 1 aliphatic heterocycles. The lowest BCUT2D eigenvalue weighted by molar-refractivity contribution is -0.116. The van der Waals surface area contributed by atoms with Gasteiger partial charge in [0.15, 0.2) is 5.78 Å². The highest BCUT2D eigenvalue weighted by Crippen LogP contribution is 2.39. The zero-order valence-electron chi connectivity index (χ0n) is 12.3. The fraction of sp³-hybridized carbons (Fsp3) is 0.733. The Hall–Kier alpha value is -0.920. The first-order chi connectivity index (χ1) is 7.53. The molecule has 96 valence electrons. The number of carbonyl (C=O) groups excluding carboxylic acids is 1. The molecule has 0 radical (unpaired) electrons. The second-order valence-corrected chi connectivity index (χ2v) is 6.99. The molecule has 1 rings (SSSR count). The number of ketones is 1. The maximum atomic E-state index is 12.3. The first kappa shape index (κ1) is 14.1. The van der Waals surface area contributed by atoms with Crippen molar-refractivity contribution in [3.8, 4) is 0 Å². The van der Waals surface area contributed by atoms with Gasteiger partial charge < -0.3 is 0 Å². The van der Waals surface area contributed by atoms with Crippen molar-refractivity contribution in [2.75, 3.05) is 0 Å². The van der Waals surface area contributed by atoms with Crippen molar-refractivity contribution >= 4 is 11.5 Å². The highest BCUT2D eigenvalue weighted by Gasteiger charge is 2.33. The molecule has 0 aromatic rings. The fourth-order valence-corrected chi connectivity index (χ4v) is 2.17. The summed E-state index contributed by atoms with van der Waals surface area (Å²) >= 11 is 0. The Balaban J connectivity index is 3.51. The molecule has 0 fully saturated rings. The van der Waals surface area contributed by atoms with Crippen LogP contribution in [0.5, 0.6) is 0 Å². The second kappa shape index (κ2) is 4.40. The van der Waals surface area contributed by atoms with E-state index in [1.54, 1.807) is 0 Å². The summed E-state index contributed by atoms with van der Waals surface area (Å²) in [6.45, 7) is 14.7. The quantitative estimate of drug-likeness (QED) is 0.620. The van der Waals surface area contributed by atoms with Gasteiger partial charge in [0.1, 0.15) is 0 Å². The van der Waals surface area contributed by atoms with Crippen LogP contribution in [-0.4, -0.2) is 11.5 Å². The van der Waals surface area contributed by atoms with Crippen molar-refractivity contribution in [3.05, 3.63) is 11.3 Å². The Bertz CT molecular complexity index is 386. The maximum Gasteiger partial charge on any atom is 0.161 e. The topological polar surface area (TPSA) is 29.4 Å². The van der Waals surface area contributed by atoms with E-state index in [1.165, 1.54) is 0 Å². The number of aliphatic imine (C=N–C) groups is 1. The minimum absolute atomic E-state index is 0.0795. The Morgan fingerprint density at radius 3 is 1.88 bits per heavy atom. The zero-order valence-corrected chi connectivity index (χ0v) is 12.3. The Morgan fingerprint density at radius 1 is 0.941 bits per heavy atom. The standard InChI is InChI=1S/C15H25NO/c1-10-8-9-11(17)12(14(2,3)4)13(16-10)15(5,6)7/h8-9H2,1-7H3. The monoisotopic (exact) mass is 235 g/mol. The molecule has 0 N–H and O–H groups in total. The molecule has 0 amide bonds. The van der Waals surface area contributed by atoms with Crippen LogP contribution in [0.15, 0.2) is 16.3 Å². The lowest BCUT2D eigenvalue weighted by Gasteiger charge is -2.29. The normalized spacial score (nSPS) is 19.2. The van der Waals surface area contributed by atoms with Gasteiger partial charge in [-0.1, -0.05) is 41.5 Å². The minimum Gasteiger partial charge on any atom is -0.294 e. The average molecular weight is 235 g/mol. The average Bonchev–Trinajstić information content (AvgIpc) is 2.23. The van der Waals surface area contributed by atoms with Gasteiger partial charge in [0, 0.05) is 23.1 Å². The fourth-order valence-electron chi connectivity index (χ4n) is 2.17. The molecular weight excluding hydrogens is 210 g/mol. The van der Waals surface area contributed by atoms with Gasteiger partial charge in [-0.05, 0) is 18.8 Å². The van der Waals surface area contributed by atoms with Gasteiger partial charge in [-0.3, -0.25) is 9.79 Å². The van der Waals surface area contributed by atoms with E-state index in [-0.39, 0.29) is 16.6 Å². The third kappa shape index (κ3) is 3.27. The van der Waals surface area contributed by atoms with Gasteiger partial charge in [-0.15, -0.1) is 0 Å². The van der Waals surface area contributed by atoms with Crippen molar-refractivity contribution in [2.24, 2.45) is 15.8 Å². The summed E-state index contributed by atoms with van der Waals surface area (Å²) in [5, 5.41) is 0. The van der Waals surface area contributed by atoms with E-state index in [0.29, 0.717) is 6.42 Å². The summed E-state index contributed by atoms with van der Waals surface area (Å²) in [5.41, 5.74) is 2.76. The molecular formula is C15H25NO. The van der Waals surface area contributed by atoms with E-state index < -0.39 is 0 Å². The van der Waals surface area contributed by atoms with E-state index in [0.717, 1.165) is 23.4 Å². The van der Waals surface area contributed by atoms with E-state index in [4.69, 9.17) is 4.99 Å². The highest BCUT2D eigenvalue weighted by molar-refractivity contribution is 6.01. The molecule has 17 heavy (non-hydrogen) atoms. The molecule has 0 saturated heterocycles. The number of hydrogen-bond acceptors (Lipinski definition) is 2. The summed E-state index contributed by atoms with van der Waals surface area (Å²) in [4.78, 5) is 17.1. The van der Waals surface area contributed by atoms with Crippen molar-refractivity contribution in [3.63, 3.8) is 0 Å². The van der Waals surface area contributed by atoms with Crippen LogP contribution in [0.1, 0.15) is 61.3 Å². The number of hydrogen-bond donors (Lipinski definition) is 0. The van der Waals surface area contributed by atoms with Crippen LogP contribution in [-0.2, 0) is 4.79 Å². The van der Waals surface area contributed by atoms with Gasteiger partial charge in [-0.2, -0.15) is 0 Å².